The monoisotopic (exact) mass is 713 g/mol. The van der Waals surface area contributed by atoms with Crippen LogP contribution in [0, 0.1) is 5.92 Å². The summed E-state index contributed by atoms with van der Waals surface area (Å²) in [5.74, 6) is 0.448. The summed E-state index contributed by atoms with van der Waals surface area (Å²) in [6.45, 7) is 8.72. The van der Waals surface area contributed by atoms with Crippen molar-refractivity contribution in [2.24, 2.45) is 5.92 Å². The van der Waals surface area contributed by atoms with Gasteiger partial charge in [-0.15, -0.1) is 0 Å². The van der Waals surface area contributed by atoms with Gasteiger partial charge in [-0.25, -0.2) is 10.6 Å². The summed E-state index contributed by atoms with van der Waals surface area (Å²) in [6, 6.07) is 0.402. The molecular formula is C42H70N3O6+. The first-order valence-corrected chi connectivity index (χ1v) is 21.1. The van der Waals surface area contributed by atoms with Gasteiger partial charge in [0.15, 0.2) is 11.6 Å². The Morgan fingerprint density at radius 2 is 1.61 bits per heavy atom. The van der Waals surface area contributed by atoms with Gasteiger partial charge >= 0.3 is 17.9 Å². The summed E-state index contributed by atoms with van der Waals surface area (Å²) >= 11 is 0. The number of hydrogen-bond donors (Lipinski definition) is 2. The molecule has 0 amide bonds. The van der Waals surface area contributed by atoms with E-state index in [-0.39, 0.29) is 36.1 Å². The lowest BCUT2D eigenvalue weighted by atomic mass is 9.82. The summed E-state index contributed by atoms with van der Waals surface area (Å²) in [7, 11) is 0. The SMILES string of the molecule is C=CCOC(=O)CCCCCCCCCCCCCCCOC(=O)[C@H]1[C@@H]2CC[C@H]3C[C@@]4(CCC=C[C@H](CC)O4)NC(=[N+]32)N[C@]12CCCC[C@@H](C)O2. The molecule has 2 spiro atoms. The topological polar surface area (TPSA) is 98.1 Å². The summed E-state index contributed by atoms with van der Waals surface area (Å²) in [6.07, 6.45) is 32.1. The van der Waals surface area contributed by atoms with E-state index in [0.717, 1.165) is 95.9 Å². The molecule has 5 aliphatic rings. The molecule has 0 aromatic rings. The standard InChI is InChI=1S/C42H69N3O6/c1-4-30-48-37(46)25-17-15-13-11-9-7-6-8-10-12-14-16-22-31-49-39(47)38-36-27-26-34-32-41(28-20-19-24-35(5-2)51-41)43-40(45(34)36)44-42(38)29-21-18-23-33(3)50-42/h4,19,24,33-36,38H,1,5-18,20-23,25-32H2,2-3H3,(H,43,44)/p+1/t33-,34+,35+,36+,38-,41+,42+/m1/s1. The van der Waals surface area contributed by atoms with Crippen molar-refractivity contribution in [3.8, 4) is 0 Å². The molecule has 2 fully saturated rings. The molecule has 5 aliphatic heterocycles. The van der Waals surface area contributed by atoms with Crippen molar-refractivity contribution in [1.82, 2.24) is 10.6 Å². The molecule has 9 nitrogen and oxygen atoms in total. The second-order valence-corrected chi connectivity index (χ2v) is 16.1. The fourth-order valence-corrected chi connectivity index (χ4v) is 9.37. The van der Waals surface area contributed by atoms with Crippen LogP contribution in [-0.2, 0) is 28.5 Å². The van der Waals surface area contributed by atoms with Gasteiger partial charge in [0.05, 0.1) is 30.9 Å². The molecule has 2 N–H and O–H groups in total. The van der Waals surface area contributed by atoms with E-state index in [4.69, 9.17) is 18.9 Å². The van der Waals surface area contributed by atoms with Crippen molar-refractivity contribution in [1.29, 1.82) is 0 Å². The van der Waals surface area contributed by atoms with Gasteiger partial charge < -0.3 is 18.9 Å². The molecule has 51 heavy (non-hydrogen) atoms. The maximum Gasteiger partial charge on any atom is 0.350 e. The molecule has 0 bridgehead atoms. The van der Waals surface area contributed by atoms with Crippen LogP contribution >= 0.6 is 0 Å². The largest absolute Gasteiger partial charge is 0.465 e. The van der Waals surface area contributed by atoms with E-state index in [2.05, 4.69) is 47.8 Å². The lowest BCUT2D eigenvalue weighted by Gasteiger charge is -2.48. The molecule has 2 saturated heterocycles. The number of esters is 2. The number of ether oxygens (including phenoxy) is 4. The zero-order valence-corrected chi connectivity index (χ0v) is 32.1. The number of nitrogens with zero attached hydrogens (tertiary/aromatic N) is 1. The first kappa shape index (κ1) is 39.8. The van der Waals surface area contributed by atoms with Crippen molar-refractivity contribution >= 4 is 17.9 Å². The number of hydrogen-bond acceptors (Lipinski definition) is 8. The Morgan fingerprint density at radius 1 is 0.902 bits per heavy atom. The van der Waals surface area contributed by atoms with E-state index in [9.17, 15) is 9.59 Å². The van der Waals surface area contributed by atoms with E-state index in [1.54, 1.807) is 6.08 Å². The Balaban J connectivity index is 1.02. The molecule has 0 aromatic heterocycles. The summed E-state index contributed by atoms with van der Waals surface area (Å²) in [5, 5.41) is 7.72. The number of carbonyl (C=O) groups is 2. The highest BCUT2D eigenvalue weighted by atomic mass is 16.6. The van der Waals surface area contributed by atoms with Crippen LogP contribution in [0.3, 0.4) is 0 Å². The quantitative estimate of drug-likeness (QED) is 0.0563. The van der Waals surface area contributed by atoms with E-state index in [1.807, 2.05) is 0 Å². The van der Waals surface area contributed by atoms with Gasteiger partial charge in [-0.1, -0.05) is 109 Å². The second-order valence-electron chi connectivity index (χ2n) is 16.1. The minimum Gasteiger partial charge on any atom is -0.465 e. The second kappa shape index (κ2) is 20.2. The number of unbranched alkanes of at least 4 members (excludes halogenated alkanes) is 12. The van der Waals surface area contributed by atoms with Gasteiger partial charge in [0.2, 0.25) is 5.72 Å². The van der Waals surface area contributed by atoms with E-state index in [0.29, 0.717) is 25.7 Å². The smallest absolute Gasteiger partial charge is 0.350 e. The number of nitrogens with one attached hydrogen (secondary N) is 2. The number of allylic oxidation sites excluding steroid dienone is 1. The minimum absolute atomic E-state index is 0.0676. The van der Waals surface area contributed by atoms with Crippen molar-refractivity contribution in [3.63, 3.8) is 0 Å². The molecule has 7 atom stereocenters. The first-order chi connectivity index (χ1) is 24.9. The highest BCUT2D eigenvalue weighted by molar-refractivity contribution is 5.82. The molecule has 9 heteroatoms. The molecule has 0 aromatic carbocycles. The van der Waals surface area contributed by atoms with Gasteiger partial charge in [0, 0.05) is 25.7 Å². The lowest BCUT2D eigenvalue weighted by molar-refractivity contribution is -0.609. The van der Waals surface area contributed by atoms with Gasteiger partial charge in [0.1, 0.15) is 6.61 Å². The maximum absolute atomic E-state index is 14.1. The van der Waals surface area contributed by atoms with Crippen LogP contribution in [0.5, 0.6) is 0 Å². The van der Waals surface area contributed by atoms with Gasteiger partial charge in [-0.3, -0.25) is 14.2 Å². The highest BCUT2D eigenvalue weighted by Gasteiger charge is 2.64. The Hall–Kier alpha value is -2.39. The first-order valence-electron chi connectivity index (χ1n) is 21.1. The van der Waals surface area contributed by atoms with Crippen LogP contribution in [-0.4, -0.2) is 71.4 Å². The van der Waals surface area contributed by atoms with E-state index >= 15 is 0 Å². The third-order valence-electron chi connectivity index (χ3n) is 12.0. The zero-order valence-electron chi connectivity index (χ0n) is 32.1. The number of carbonyl (C=O) groups excluding carboxylic acids is 2. The van der Waals surface area contributed by atoms with E-state index in [1.165, 1.54) is 57.8 Å². The average molecular weight is 713 g/mol. The predicted molar refractivity (Wildman–Crippen MR) is 201 cm³/mol. The van der Waals surface area contributed by atoms with Crippen molar-refractivity contribution in [2.45, 2.75) is 204 Å². The van der Waals surface area contributed by atoms with Crippen molar-refractivity contribution < 1.29 is 33.1 Å². The molecule has 0 saturated carbocycles. The Labute approximate surface area is 308 Å². The summed E-state index contributed by atoms with van der Waals surface area (Å²) in [4.78, 5) is 25.6. The maximum atomic E-state index is 14.1. The third kappa shape index (κ3) is 11.1. The molecule has 0 radical (unpaired) electrons. The van der Waals surface area contributed by atoms with E-state index < -0.39 is 11.4 Å². The molecule has 5 rings (SSSR count). The number of guanidine groups is 1. The predicted octanol–water partition coefficient (Wildman–Crippen LogP) is 8.35. The molecular weight excluding hydrogens is 642 g/mol. The highest BCUT2D eigenvalue weighted by Crippen LogP contribution is 2.45. The normalized spacial score (nSPS) is 31.4. The van der Waals surface area contributed by atoms with Crippen molar-refractivity contribution in [2.75, 3.05) is 13.2 Å². The molecule has 0 aliphatic carbocycles. The average Bonchev–Trinajstić information content (AvgIpc) is 3.30. The van der Waals surface area contributed by atoms with Crippen LogP contribution in [0.2, 0.25) is 0 Å². The lowest BCUT2D eigenvalue weighted by Crippen LogP contribution is -2.75. The van der Waals surface area contributed by atoms with Crippen LogP contribution in [0.4, 0.5) is 0 Å². The van der Waals surface area contributed by atoms with Crippen LogP contribution in [0.15, 0.2) is 24.8 Å². The molecule has 288 valence electrons. The summed E-state index contributed by atoms with van der Waals surface area (Å²) in [5.41, 5.74) is -1.17. The molecule has 5 heterocycles. The van der Waals surface area contributed by atoms with Crippen LogP contribution < -0.4 is 10.6 Å². The van der Waals surface area contributed by atoms with Gasteiger partial charge in [0.25, 0.3) is 0 Å². The zero-order chi connectivity index (χ0) is 35.9. The fourth-order valence-electron chi connectivity index (χ4n) is 9.37. The van der Waals surface area contributed by atoms with Crippen LogP contribution in [0.1, 0.15) is 168 Å². The van der Waals surface area contributed by atoms with Crippen LogP contribution in [0.25, 0.3) is 0 Å². The van der Waals surface area contributed by atoms with Gasteiger partial charge in [-0.05, 0) is 58.3 Å². The number of rotatable bonds is 20. The molecule has 0 unspecified atom stereocenters. The fraction of sp³-hybridized carbons (Fsp3) is 0.833. The van der Waals surface area contributed by atoms with Crippen molar-refractivity contribution in [3.05, 3.63) is 24.8 Å². The third-order valence-corrected chi connectivity index (χ3v) is 12.0. The Kier molecular flexibility index (Phi) is 15.7. The summed E-state index contributed by atoms with van der Waals surface area (Å²) < 4.78 is 27.3. The Bertz CT molecular complexity index is 1190. The Morgan fingerprint density at radius 3 is 2.31 bits per heavy atom. The van der Waals surface area contributed by atoms with Gasteiger partial charge in [-0.2, -0.15) is 0 Å². The minimum atomic E-state index is -0.766.